The molecule has 1 heterocycles. The molecule has 1 aromatic heterocycles. The van der Waals surface area contributed by atoms with Crippen molar-refractivity contribution in [3.8, 4) is 6.07 Å². The highest BCUT2D eigenvalue weighted by molar-refractivity contribution is 6.14. The number of nitrogens with two attached hydrogens (primary N) is 1. The highest BCUT2D eigenvalue weighted by Crippen LogP contribution is 2.22. The van der Waals surface area contributed by atoms with Gasteiger partial charge >= 0.3 is 0 Å². The molecular formula is C19H14N4O2. The molecular weight excluding hydrogens is 316 g/mol. The number of anilines is 2. The maximum atomic E-state index is 12.3. The lowest BCUT2D eigenvalue weighted by Gasteiger charge is -2.10. The number of nitrogen functional groups attached to an aromatic ring is 1. The van der Waals surface area contributed by atoms with Gasteiger partial charge in [-0.1, -0.05) is 0 Å². The molecule has 0 unspecified atom stereocenters. The van der Waals surface area contributed by atoms with E-state index in [0.29, 0.717) is 33.6 Å². The number of nitrogens with zero attached hydrogens (tertiary/aromatic N) is 1. The standard InChI is InChI=1S/C19H14N4O2/c20-10-12-1-3-13(4-2-12)19(24)23-15-5-6-17(21)16(9-15)18(22)14-7-8-25-11-14/h1-9,11,22H,21H2,(H,23,24). The van der Waals surface area contributed by atoms with Gasteiger partial charge in [0.2, 0.25) is 0 Å². The number of rotatable bonds is 4. The van der Waals surface area contributed by atoms with Crippen LogP contribution in [-0.2, 0) is 0 Å². The first kappa shape index (κ1) is 16.0. The minimum absolute atomic E-state index is 0.209. The highest BCUT2D eigenvalue weighted by atomic mass is 16.3. The maximum Gasteiger partial charge on any atom is 0.255 e. The van der Waals surface area contributed by atoms with E-state index < -0.39 is 0 Å². The first-order chi connectivity index (χ1) is 12.1. The monoisotopic (exact) mass is 330 g/mol. The van der Waals surface area contributed by atoms with Crippen LogP contribution in [0.25, 0.3) is 0 Å². The van der Waals surface area contributed by atoms with Gasteiger partial charge in [0, 0.05) is 28.1 Å². The Morgan fingerprint density at radius 1 is 1.12 bits per heavy atom. The smallest absolute Gasteiger partial charge is 0.255 e. The largest absolute Gasteiger partial charge is 0.472 e. The normalized spacial score (nSPS) is 10.0. The number of hydrogen-bond acceptors (Lipinski definition) is 5. The number of nitriles is 1. The summed E-state index contributed by atoms with van der Waals surface area (Å²) in [7, 11) is 0. The molecule has 6 heteroatoms. The third-order valence-electron chi connectivity index (χ3n) is 3.67. The highest BCUT2D eigenvalue weighted by Gasteiger charge is 2.12. The maximum absolute atomic E-state index is 12.3. The Hall–Kier alpha value is -3.85. The van der Waals surface area contributed by atoms with Gasteiger partial charge in [-0.3, -0.25) is 10.2 Å². The van der Waals surface area contributed by atoms with E-state index in [-0.39, 0.29) is 11.6 Å². The second-order valence-electron chi connectivity index (χ2n) is 5.33. The predicted octanol–water partition coefficient (Wildman–Crippen LogP) is 3.40. The van der Waals surface area contributed by atoms with Crippen LogP contribution in [0.1, 0.15) is 27.0 Å². The van der Waals surface area contributed by atoms with Crippen molar-refractivity contribution in [1.29, 1.82) is 10.7 Å². The number of amides is 1. The zero-order valence-corrected chi connectivity index (χ0v) is 13.1. The summed E-state index contributed by atoms with van der Waals surface area (Å²) < 4.78 is 4.99. The number of nitrogens with one attached hydrogen (secondary N) is 2. The van der Waals surface area contributed by atoms with Crippen molar-refractivity contribution in [2.45, 2.75) is 0 Å². The van der Waals surface area contributed by atoms with Gasteiger partial charge in [0.15, 0.2) is 0 Å². The van der Waals surface area contributed by atoms with Crippen molar-refractivity contribution in [3.63, 3.8) is 0 Å². The van der Waals surface area contributed by atoms with E-state index in [2.05, 4.69) is 5.32 Å². The molecule has 6 nitrogen and oxygen atoms in total. The molecule has 3 rings (SSSR count). The molecule has 25 heavy (non-hydrogen) atoms. The first-order valence-electron chi connectivity index (χ1n) is 7.41. The van der Waals surface area contributed by atoms with Crippen LogP contribution >= 0.6 is 0 Å². The molecule has 3 aromatic rings. The zero-order chi connectivity index (χ0) is 17.8. The van der Waals surface area contributed by atoms with Crippen LogP contribution in [-0.4, -0.2) is 11.6 Å². The zero-order valence-electron chi connectivity index (χ0n) is 13.1. The first-order valence-corrected chi connectivity index (χ1v) is 7.41. The van der Waals surface area contributed by atoms with Crippen LogP contribution in [0, 0.1) is 16.7 Å². The molecule has 0 saturated heterocycles. The second-order valence-corrected chi connectivity index (χ2v) is 5.33. The lowest BCUT2D eigenvalue weighted by atomic mass is 10.0. The third-order valence-corrected chi connectivity index (χ3v) is 3.67. The lowest BCUT2D eigenvalue weighted by molar-refractivity contribution is 0.102. The van der Waals surface area contributed by atoms with Crippen LogP contribution in [0.4, 0.5) is 11.4 Å². The third kappa shape index (κ3) is 3.41. The molecule has 0 fully saturated rings. The summed E-state index contributed by atoms with van der Waals surface area (Å²) in [6, 6.07) is 15.0. The SMILES string of the molecule is N#Cc1ccc(C(=O)Nc2ccc(N)c(C(=N)c3ccoc3)c2)cc1. The number of benzene rings is 2. The van der Waals surface area contributed by atoms with Gasteiger partial charge < -0.3 is 15.5 Å². The minimum atomic E-state index is -0.310. The fourth-order valence-electron chi connectivity index (χ4n) is 2.31. The molecule has 0 saturated carbocycles. The molecule has 0 spiro atoms. The molecule has 0 radical (unpaired) electrons. The van der Waals surface area contributed by atoms with E-state index in [4.69, 9.17) is 20.8 Å². The summed E-state index contributed by atoms with van der Waals surface area (Å²) >= 11 is 0. The van der Waals surface area contributed by atoms with Gasteiger partial charge in [-0.2, -0.15) is 5.26 Å². The second kappa shape index (κ2) is 6.72. The molecule has 0 aliphatic carbocycles. The van der Waals surface area contributed by atoms with Crippen molar-refractivity contribution in [1.82, 2.24) is 0 Å². The van der Waals surface area contributed by atoms with Crippen LogP contribution < -0.4 is 11.1 Å². The number of carbonyl (C=O) groups excluding carboxylic acids is 1. The summed E-state index contributed by atoms with van der Waals surface area (Å²) in [6.45, 7) is 0. The van der Waals surface area contributed by atoms with Gasteiger partial charge in [0.25, 0.3) is 5.91 Å². The average molecular weight is 330 g/mol. The van der Waals surface area contributed by atoms with Gasteiger partial charge in [0.05, 0.1) is 29.9 Å². The van der Waals surface area contributed by atoms with E-state index in [1.165, 1.54) is 12.5 Å². The molecule has 122 valence electrons. The van der Waals surface area contributed by atoms with Crippen LogP contribution in [0.3, 0.4) is 0 Å². The van der Waals surface area contributed by atoms with Crippen molar-refractivity contribution in [2.24, 2.45) is 0 Å². The fourth-order valence-corrected chi connectivity index (χ4v) is 2.31. The molecule has 0 bridgehead atoms. The van der Waals surface area contributed by atoms with Gasteiger partial charge in [-0.25, -0.2) is 0 Å². The van der Waals surface area contributed by atoms with Crippen molar-refractivity contribution in [3.05, 3.63) is 83.3 Å². The minimum Gasteiger partial charge on any atom is -0.472 e. The van der Waals surface area contributed by atoms with Gasteiger partial charge in [0.1, 0.15) is 0 Å². The van der Waals surface area contributed by atoms with Crippen LogP contribution in [0.2, 0.25) is 0 Å². The topological polar surface area (TPSA) is 116 Å². The number of furan rings is 1. The Morgan fingerprint density at radius 2 is 1.88 bits per heavy atom. The Labute approximate surface area is 144 Å². The summed E-state index contributed by atoms with van der Waals surface area (Å²) in [6.07, 6.45) is 2.94. The van der Waals surface area contributed by atoms with Crippen molar-refractivity contribution >= 4 is 23.0 Å². The lowest BCUT2D eigenvalue weighted by Crippen LogP contribution is -2.13. The van der Waals surface area contributed by atoms with E-state index in [0.717, 1.165) is 0 Å². The molecule has 0 atom stereocenters. The molecule has 0 aliphatic rings. The number of carbonyl (C=O) groups is 1. The van der Waals surface area contributed by atoms with E-state index in [1.54, 1.807) is 48.5 Å². The van der Waals surface area contributed by atoms with Gasteiger partial charge in [-0.05, 0) is 48.5 Å². The molecule has 4 N–H and O–H groups in total. The summed E-state index contributed by atoms with van der Waals surface area (Å²) in [5.74, 6) is -0.310. The van der Waals surface area contributed by atoms with E-state index in [9.17, 15) is 4.79 Å². The van der Waals surface area contributed by atoms with E-state index >= 15 is 0 Å². The van der Waals surface area contributed by atoms with Crippen LogP contribution in [0.15, 0.2) is 65.5 Å². The van der Waals surface area contributed by atoms with Crippen LogP contribution in [0.5, 0.6) is 0 Å². The summed E-state index contributed by atoms with van der Waals surface area (Å²) in [5, 5.41) is 19.8. The summed E-state index contributed by atoms with van der Waals surface area (Å²) in [5.41, 5.74) is 9.13. The Kier molecular flexibility index (Phi) is 4.31. The Balaban J connectivity index is 1.83. The van der Waals surface area contributed by atoms with Gasteiger partial charge in [-0.15, -0.1) is 0 Å². The molecule has 0 aliphatic heterocycles. The molecule has 1 amide bonds. The van der Waals surface area contributed by atoms with E-state index in [1.807, 2.05) is 6.07 Å². The Morgan fingerprint density at radius 3 is 2.52 bits per heavy atom. The quantitative estimate of drug-likeness (QED) is 0.502. The fraction of sp³-hybridized carbons (Fsp3) is 0. The average Bonchev–Trinajstić information content (AvgIpc) is 3.17. The molecule has 2 aromatic carbocycles. The Bertz CT molecular complexity index is 968. The van der Waals surface area contributed by atoms with Crippen molar-refractivity contribution in [2.75, 3.05) is 11.1 Å². The number of hydrogen-bond donors (Lipinski definition) is 3. The van der Waals surface area contributed by atoms with Crippen molar-refractivity contribution < 1.29 is 9.21 Å². The summed E-state index contributed by atoms with van der Waals surface area (Å²) in [4.78, 5) is 12.3. The predicted molar refractivity (Wildman–Crippen MR) is 94.6 cm³/mol.